The number of rotatable bonds is 4. The number of amides is 3. The van der Waals surface area contributed by atoms with Crippen molar-refractivity contribution in [2.24, 2.45) is 11.7 Å². The Bertz CT molecular complexity index is 811. The number of alkyl halides is 3. The van der Waals surface area contributed by atoms with Gasteiger partial charge in [-0.1, -0.05) is 43.8 Å². The number of nitrogens with two attached hydrogens (primary N) is 1. The number of primary amides is 1. The van der Waals surface area contributed by atoms with Crippen molar-refractivity contribution in [1.82, 2.24) is 15.3 Å². The lowest BCUT2D eigenvalue weighted by Gasteiger charge is -2.19. The number of carbonyl (C=O) groups excluding carboxylic acids is 2. The molecule has 2 rings (SSSR count). The monoisotopic (exact) mass is 372 g/mol. The zero-order valence-corrected chi connectivity index (χ0v) is 14.1. The summed E-state index contributed by atoms with van der Waals surface area (Å²) >= 11 is 0.836. The van der Waals surface area contributed by atoms with Crippen LogP contribution in [0.1, 0.15) is 19.7 Å². The minimum Gasteiger partial charge on any atom is -0.351 e. The van der Waals surface area contributed by atoms with Gasteiger partial charge in [0.1, 0.15) is 5.03 Å². The molecule has 10 heteroatoms. The number of thioether (sulfide) groups is 1. The smallest absolute Gasteiger partial charge is 0.351 e. The first-order chi connectivity index (χ1) is 11.6. The summed E-state index contributed by atoms with van der Waals surface area (Å²) in [5.74, 6) is -2.26. The topological polar surface area (TPSA) is 98.0 Å². The molecule has 1 heterocycles. The lowest BCUT2D eigenvalue weighted by molar-refractivity contribution is -0.145. The summed E-state index contributed by atoms with van der Waals surface area (Å²) in [7, 11) is 0. The number of aromatic nitrogens is 2. The number of urea groups is 1. The van der Waals surface area contributed by atoms with E-state index >= 15 is 0 Å². The van der Waals surface area contributed by atoms with Gasteiger partial charge in [-0.05, 0) is 12.0 Å². The van der Waals surface area contributed by atoms with Crippen LogP contribution in [0.25, 0.3) is 10.9 Å². The van der Waals surface area contributed by atoms with Gasteiger partial charge in [-0.3, -0.25) is 10.1 Å². The van der Waals surface area contributed by atoms with Crippen molar-refractivity contribution < 1.29 is 22.8 Å². The number of hydrogen-bond acceptors (Lipinski definition) is 5. The Labute approximate surface area is 145 Å². The van der Waals surface area contributed by atoms with E-state index in [2.05, 4.69) is 9.97 Å². The number of hydrogen-bond donors (Lipinski definition) is 2. The van der Waals surface area contributed by atoms with Crippen molar-refractivity contribution in [3.63, 3.8) is 0 Å². The van der Waals surface area contributed by atoms with Crippen LogP contribution in [0.3, 0.4) is 0 Å². The van der Waals surface area contributed by atoms with Crippen molar-refractivity contribution in [3.8, 4) is 0 Å². The Morgan fingerprint density at radius 1 is 1.20 bits per heavy atom. The average molecular weight is 372 g/mol. The number of para-hydroxylation sites is 1. The molecule has 0 aliphatic rings. The molecule has 0 fully saturated rings. The number of halogens is 3. The zero-order chi connectivity index (χ0) is 18.8. The number of fused-ring (bicyclic) bond motifs is 1. The zero-order valence-electron chi connectivity index (χ0n) is 13.3. The molecule has 0 bridgehead atoms. The number of nitrogens with one attached hydrogen (secondary N) is 1. The Morgan fingerprint density at radius 3 is 2.40 bits per heavy atom. The standard InChI is InChI=1S/C15H15F3N4O2S/c1-7(2)10(11(23)21-14(19)24)25-12-8-5-3-4-6-9(8)20-13(22-12)15(16,17)18/h3-7,10H,1-2H3,(H3,19,21,23,24)/t10-/m1/s1. The van der Waals surface area contributed by atoms with E-state index in [9.17, 15) is 22.8 Å². The average Bonchev–Trinajstić information content (AvgIpc) is 2.50. The minimum atomic E-state index is -4.72. The van der Waals surface area contributed by atoms with Crippen LogP contribution in [-0.2, 0) is 11.0 Å². The van der Waals surface area contributed by atoms with E-state index in [0.717, 1.165) is 11.8 Å². The molecule has 3 N–H and O–H groups in total. The molecule has 1 aromatic carbocycles. The van der Waals surface area contributed by atoms with Crippen LogP contribution >= 0.6 is 11.8 Å². The number of nitrogens with zero attached hydrogens (tertiary/aromatic N) is 2. The van der Waals surface area contributed by atoms with Gasteiger partial charge in [0.2, 0.25) is 11.7 Å². The van der Waals surface area contributed by atoms with Gasteiger partial charge in [-0.2, -0.15) is 13.2 Å². The number of imide groups is 1. The highest BCUT2D eigenvalue weighted by Crippen LogP contribution is 2.35. The number of carbonyl (C=O) groups is 2. The maximum atomic E-state index is 13.0. The van der Waals surface area contributed by atoms with E-state index in [1.165, 1.54) is 6.07 Å². The summed E-state index contributed by atoms with van der Waals surface area (Å²) in [5.41, 5.74) is 5.06. The fraction of sp³-hybridized carbons (Fsp3) is 0.333. The highest BCUT2D eigenvalue weighted by atomic mass is 32.2. The second kappa shape index (κ2) is 7.26. The lowest BCUT2D eigenvalue weighted by Crippen LogP contribution is -2.42. The Hall–Kier alpha value is -2.36. The summed E-state index contributed by atoms with van der Waals surface area (Å²) in [4.78, 5) is 30.1. The molecule has 0 spiro atoms. The summed E-state index contributed by atoms with van der Waals surface area (Å²) in [6.45, 7) is 3.40. The van der Waals surface area contributed by atoms with Crippen LogP contribution in [-0.4, -0.2) is 27.2 Å². The molecule has 1 aromatic heterocycles. The van der Waals surface area contributed by atoms with Crippen LogP contribution in [0.15, 0.2) is 29.3 Å². The molecule has 0 saturated heterocycles. The van der Waals surface area contributed by atoms with Crippen molar-refractivity contribution in [2.45, 2.75) is 30.3 Å². The van der Waals surface area contributed by atoms with Gasteiger partial charge >= 0.3 is 12.2 Å². The van der Waals surface area contributed by atoms with Crippen molar-refractivity contribution >= 4 is 34.6 Å². The fourth-order valence-corrected chi connectivity index (χ4v) is 3.19. The van der Waals surface area contributed by atoms with Crippen LogP contribution in [0.4, 0.5) is 18.0 Å². The Balaban J connectivity index is 2.50. The quantitative estimate of drug-likeness (QED) is 0.635. The van der Waals surface area contributed by atoms with E-state index in [0.29, 0.717) is 5.39 Å². The summed E-state index contributed by atoms with van der Waals surface area (Å²) < 4.78 is 39.1. The maximum absolute atomic E-state index is 13.0. The highest BCUT2D eigenvalue weighted by Gasteiger charge is 2.36. The molecule has 25 heavy (non-hydrogen) atoms. The molecule has 2 aromatic rings. The van der Waals surface area contributed by atoms with Gasteiger partial charge in [-0.15, -0.1) is 0 Å². The second-order valence-electron chi connectivity index (χ2n) is 5.50. The maximum Gasteiger partial charge on any atom is 0.451 e. The first-order valence-corrected chi connectivity index (χ1v) is 8.08. The largest absolute Gasteiger partial charge is 0.451 e. The molecule has 6 nitrogen and oxygen atoms in total. The first kappa shape index (κ1) is 19.0. The first-order valence-electron chi connectivity index (χ1n) is 7.20. The minimum absolute atomic E-state index is 0.0104. The van der Waals surface area contributed by atoms with Crippen molar-refractivity contribution in [2.75, 3.05) is 0 Å². The van der Waals surface area contributed by atoms with Crippen LogP contribution in [0.2, 0.25) is 0 Å². The van der Waals surface area contributed by atoms with Crippen molar-refractivity contribution in [1.29, 1.82) is 0 Å². The number of benzene rings is 1. The molecule has 0 saturated carbocycles. The third kappa shape index (κ3) is 4.59. The van der Waals surface area contributed by atoms with E-state index < -0.39 is 29.2 Å². The predicted octanol–water partition coefficient (Wildman–Crippen LogP) is 2.96. The van der Waals surface area contributed by atoms with Crippen LogP contribution in [0, 0.1) is 5.92 Å². The molecular formula is C15H15F3N4O2S. The third-order valence-corrected chi connectivity index (χ3v) is 4.72. The molecule has 0 aliphatic heterocycles. The lowest BCUT2D eigenvalue weighted by atomic mass is 10.1. The van der Waals surface area contributed by atoms with Gasteiger partial charge in [0, 0.05) is 5.39 Å². The van der Waals surface area contributed by atoms with Gasteiger partial charge in [-0.25, -0.2) is 14.8 Å². The SMILES string of the molecule is CC(C)[C@@H](Sc1nc(C(F)(F)F)nc2ccccc12)C(=O)NC(N)=O. The van der Waals surface area contributed by atoms with Gasteiger partial charge in [0.05, 0.1) is 10.8 Å². The molecule has 0 unspecified atom stereocenters. The van der Waals surface area contributed by atoms with E-state index in [-0.39, 0.29) is 16.5 Å². The third-order valence-electron chi connectivity index (χ3n) is 3.17. The summed E-state index contributed by atoms with van der Waals surface area (Å²) in [6, 6.07) is 5.17. The summed E-state index contributed by atoms with van der Waals surface area (Å²) in [6.07, 6.45) is -4.72. The van der Waals surface area contributed by atoms with Crippen molar-refractivity contribution in [3.05, 3.63) is 30.1 Å². The molecule has 0 radical (unpaired) electrons. The molecule has 0 aliphatic carbocycles. The predicted molar refractivity (Wildman–Crippen MR) is 86.7 cm³/mol. The highest BCUT2D eigenvalue weighted by molar-refractivity contribution is 8.00. The van der Waals surface area contributed by atoms with Gasteiger partial charge in [0.15, 0.2) is 0 Å². The van der Waals surface area contributed by atoms with Crippen LogP contribution in [0.5, 0.6) is 0 Å². The normalized spacial score (nSPS) is 13.0. The van der Waals surface area contributed by atoms with Gasteiger partial charge < -0.3 is 5.73 Å². The fourth-order valence-electron chi connectivity index (χ4n) is 2.07. The Kier molecular flexibility index (Phi) is 5.51. The van der Waals surface area contributed by atoms with Gasteiger partial charge in [0.25, 0.3) is 0 Å². The Morgan fingerprint density at radius 2 is 1.84 bits per heavy atom. The van der Waals surface area contributed by atoms with E-state index in [4.69, 9.17) is 5.73 Å². The van der Waals surface area contributed by atoms with Crippen LogP contribution < -0.4 is 11.1 Å². The molecule has 3 amide bonds. The van der Waals surface area contributed by atoms with E-state index in [1.54, 1.807) is 32.0 Å². The second-order valence-corrected chi connectivity index (χ2v) is 6.63. The molecule has 1 atom stereocenters. The van der Waals surface area contributed by atoms with E-state index in [1.807, 2.05) is 5.32 Å². The summed E-state index contributed by atoms with van der Waals surface area (Å²) in [5, 5.41) is 1.49. The molecular weight excluding hydrogens is 357 g/mol. The molecule has 134 valence electrons.